The zero-order valence-corrected chi connectivity index (χ0v) is 20.7. The summed E-state index contributed by atoms with van der Waals surface area (Å²) in [5, 5.41) is 2.28. The number of anilines is 1. The molecular formula is C24H26ClN3O3S2. The molecule has 4 rings (SSSR count). The van der Waals surface area contributed by atoms with Gasteiger partial charge in [-0.05, 0) is 56.9 Å². The van der Waals surface area contributed by atoms with Gasteiger partial charge in [0, 0.05) is 35.8 Å². The lowest BCUT2D eigenvalue weighted by molar-refractivity contribution is 0.0560. The highest BCUT2D eigenvalue weighted by molar-refractivity contribution is 7.93. The standard InChI is InChI=1S/C24H26ClN3O3S2/c1-3-5-6-17(4-2)16-28-18-7-8-19(28)14-20(13-18)31-23-10-9-21(15-22(23)25)33(29,30)27-24-26-11-12-32-24/h2-3,5-6,9-12,15,18-20H,7-8,13-14,16H2,1H3,(H,26,27)/b5-3-,17-6+/t18-,19+,20?. The van der Waals surface area contributed by atoms with Crippen molar-refractivity contribution in [3.05, 3.63) is 58.6 Å². The maximum atomic E-state index is 12.6. The van der Waals surface area contributed by atoms with Gasteiger partial charge in [-0.15, -0.1) is 17.8 Å². The summed E-state index contributed by atoms with van der Waals surface area (Å²) in [6.45, 7) is 2.75. The van der Waals surface area contributed by atoms with Crippen LogP contribution in [0.4, 0.5) is 5.13 Å². The second kappa shape index (κ2) is 10.3. The topological polar surface area (TPSA) is 71.5 Å². The van der Waals surface area contributed by atoms with E-state index in [9.17, 15) is 8.42 Å². The van der Waals surface area contributed by atoms with Crippen molar-refractivity contribution in [2.24, 2.45) is 0 Å². The molecule has 3 atom stereocenters. The minimum Gasteiger partial charge on any atom is -0.489 e. The van der Waals surface area contributed by atoms with E-state index in [2.05, 4.69) is 20.5 Å². The summed E-state index contributed by atoms with van der Waals surface area (Å²) in [7, 11) is -3.77. The molecule has 0 aliphatic carbocycles. The molecule has 3 heterocycles. The largest absolute Gasteiger partial charge is 0.489 e. The SMILES string of the molecule is C#C/C(=C\C=C/C)CN1[C@@H]2CC[C@H]1CC(Oc1ccc(S(=O)(=O)Nc3nccs3)cc1Cl)C2. The van der Waals surface area contributed by atoms with Crippen LogP contribution in [0.2, 0.25) is 5.02 Å². The smallest absolute Gasteiger partial charge is 0.263 e. The molecule has 2 bridgehead atoms. The summed E-state index contributed by atoms with van der Waals surface area (Å²) in [5.74, 6) is 3.30. The number of thiazole rings is 1. The Bertz CT molecular complexity index is 1170. The number of hydrogen-bond donors (Lipinski definition) is 1. The Morgan fingerprint density at radius 1 is 1.39 bits per heavy atom. The first-order chi connectivity index (χ1) is 15.9. The number of allylic oxidation sites excluding steroid dienone is 3. The van der Waals surface area contributed by atoms with Gasteiger partial charge >= 0.3 is 0 Å². The monoisotopic (exact) mass is 503 g/mol. The molecule has 0 radical (unpaired) electrons. The number of halogens is 1. The molecule has 0 amide bonds. The van der Waals surface area contributed by atoms with E-state index in [0.29, 0.717) is 23.0 Å². The minimum absolute atomic E-state index is 0.0287. The quantitative estimate of drug-likeness (QED) is 0.400. The Labute approximate surface area is 204 Å². The third-order valence-corrected chi connectivity index (χ3v) is 8.48. The Balaban J connectivity index is 1.41. The van der Waals surface area contributed by atoms with Crippen LogP contribution < -0.4 is 9.46 Å². The van der Waals surface area contributed by atoms with E-state index in [0.717, 1.165) is 37.8 Å². The van der Waals surface area contributed by atoms with Gasteiger partial charge in [0.25, 0.3) is 10.0 Å². The molecule has 9 heteroatoms. The number of aromatic nitrogens is 1. The van der Waals surface area contributed by atoms with Crippen LogP contribution in [0, 0.1) is 12.3 Å². The Kier molecular flexibility index (Phi) is 7.45. The van der Waals surface area contributed by atoms with Crippen molar-refractivity contribution in [1.29, 1.82) is 0 Å². The van der Waals surface area contributed by atoms with Crippen LogP contribution in [0.15, 0.2) is 58.5 Å². The summed E-state index contributed by atoms with van der Waals surface area (Å²) in [6, 6.07) is 5.38. The number of fused-ring (bicyclic) bond motifs is 2. The van der Waals surface area contributed by atoms with Crippen LogP contribution in [-0.4, -0.2) is 43.0 Å². The lowest BCUT2D eigenvalue weighted by Crippen LogP contribution is -2.46. The number of sulfonamides is 1. The summed E-state index contributed by atoms with van der Waals surface area (Å²) < 4.78 is 33.9. The minimum atomic E-state index is -3.77. The van der Waals surface area contributed by atoms with Gasteiger partial charge in [-0.2, -0.15) is 0 Å². The lowest BCUT2D eigenvalue weighted by atomic mass is 9.98. The van der Waals surface area contributed by atoms with Crippen LogP contribution >= 0.6 is 22.9 Å². The second-order valence-corrected chi connectivity index (χ2v) is 11.1. The molecule has 0 saturated carbocycles. The zero-order chi connectivity index (χ0) is 23.4. The predicted molar refractivity (Wildman–Crippen MR) is 133 cm³/mol. The van der Waals surface area contributed by atoms with Crippen molar-refractivity contribution in [1.82, 2.24) is 9.88 Å². The fraction of sp³-hybridized carbons (Fsp3) is 0.375. The fourth-order valence-electron chi connectivity index (χ4n) is 4.51. The zero-order valence-electron chi connectivity index (χ0n) is 18.3. The molecule has 2 aliphatic heterocycles. The molecule has 0 spiro atoms. The maximum absolute atomic E-state index is 12.6. The molecule has 2 aliphatic rings. The molecule has 1 aromatic heterocycles. The van der Waals surface area contributed by atoms with E-state index < -0.39 is 10.0 Å². The first-order valence-corrected chi connectivity index (χ1v) is 13.6. The average molecular weight is 504 g/mol. The molecular weight excluding hydrogens is 478 g/mol. The highest BCUT2D eigenvalue weighted by Crippen LogP contribution is 2.39. The van der Waals surface area contributed by atoms with Crippen molar-refractivity contribution in [3.8, 4) is 18.1 Å². The normalized spacial score (nSPS) is 23.5. The molecule has 2 saturated heterocycles. The number of benzene rings is 1. The third kappa shape index (κ3) is 5.61. The molecule has 33 heavy (non-hydrogen) atoms. The number of hydrogen-bond acceptors (Lipinski definition) is 6. The molecule has 2 fully saturated rings. The van der Waals surface area contributed by atoms with E-state index in [-0.39, 0.29) is 16.0 Å². The van der Waals surface area contributed by atoms with Gasteiger partial charge < -0.3 is 4.74 Å². The predicted octanol–water partition coefficient (Wildman–Crippen LogP) is 5.11. The number of nitrogens with one attached hydrogen (secondary N) is 1. The second-order valence-electron chi connectivity index (χ2n) is 8.17. The summed E-state index contributed by atoms with van der Waals surface area (Å²) in [4.78, 5) is 6.52. The first kappa shape index (κ1) is 23.8. The molecule has 1 aromatic carbocycles. The number of rotatable bonds is 8. The molecule has 6 nitrogen and oxygen atoms in total. The van der Waals surface area contributed by atoms with Crippen molar-refractivity contribution in [2.75, 3.05) is 11.3 Å². The number of piperidine rings is 1. The third-order valence-electron chi connectivity index (χ3n) is 6.03. The van der Waals surface area contributed by atoms with Gasteiger partial charge in [0.1, 0.15) is 11.9 Å². The van der Waals surface area contributed by atoms with Crippen LogP contribution in [0.1, 0.15) is 32.6 Å². The van der Waals surface area contributed by atoms with Crippen LogP contribution in [0.3, 0.4) is 0 Å². The van der Waals surface area contributed by atoms with Gasteiger partial charge in [0.05, 0.1) is 9.92 Å². The van der Waals surface area contributed by atoms with Gasteiger partial charge in [0.15, 0.2) is 5.13 Å². The van der Waals surface area contributed by atoms with E-state index in [1.165, 1.54) is 29.7 Å². The molecule has 2 aromatic rings. The van der Waals surface area contributed by atoms with Crippen molar-refractivity contribution in [2.45, 2.75) is 55.7 Å². The maximum Gasteiger partial charge on any atom is 0.263 e. The summed E-state index contributed by atoms with van der Waals surface area (Å²) in [5.41, 5.74) is 0.982. The molecule has 1 N–H and O–H groups in total. The van der Waals surface area contributed by atoms with Gasteiger partial charge in [-0.25, -0.2) is 13.4 Å². The Hall–Kier alpha value is -2.31. The van der Waals surface area contributed by atoms with Gasteiger partial charge in [-0.1, -0.05) is 29.7 Å². The Morgan fingerprint density at radius 2 is 2.15 bits per heavy atom. The summed E-state index contributed by atoms with van der Waals surface area (Å²) in [6.07, 6.45) is 17.2. The van der Waals surface area contributed by atoms with Crippen molar-refractivity contribution < 1.29 is 13.2 Å². The lowest BCUT2D eigenvalue weighted by Gasteiger charge is -2.39. The highest BCUT2D eigenvalue weighted by Gasteiger charge is 2.41. The highest BCUT2D eigenvalue weighted by atomic mass is 35.5. The number of ether oxygens (including phenoxy) is 1. The van der Waals surface area contributed by atoms with Crippen LogP contribution in [0.25, 0.3) is 0 Å². The fourth-order valence-corrected chi connectivity index (χ4v) is 6.61. The summed E-state index contributed by atoms with van der Waals surface area (Å²) >= 11 is 7.62. The van der Waals surface area contributed by atoms with E-state index in [1.54, 1.807) is 11.4 Å². The van der Waals surface area contributed by atoms with E-state index in [1.807, 2.05) is 25.2 Å². The van der Waals surface area contributed by atoms with Gasteiger partial charge in [0.2, 0.25) is 0 Å². The Morgan fingerprint density at radius 3 is 2.76 bits per heavy atom. The molecule has 174 valence electrons. The van der Waals surface area contributed by atoms with Crippen LogP contribution in [-0.2, 0) is 10.0 Å². The van der Waals surface area contributed by atoms with E-state index >= 15 is 0 Å². The molecule has 1 unspecified atom stereocenters. The number of terminal acetylenes is 1. The van der Waals surface area contributed by atoms with E-state index in [4.69, 9.17) is 22.8 Å². The van der Waals surface area contributed by atoms with Crippen molar-refractivity contribution in [3.63, 3.8) is 0 Å². The number of nitrogens with zero attached hydrogens (tertiary/aromatic N) is 2. The average Bonchev–Trinajstić information content (AvgIpc) is 3.37. The first-order valence-electron chi connectivity index (χ1n) is 10.8. The van der Waals surface area contributed by atoms with Crippen molar-refractivity contribution >= 4 is 38.1 Å². The van der Waals surface area contributed by atoms with Gasteiger partial charge in [-0.3, -0.25) is 9.62 Å². The van der Waals surface area contributed by atoms with Crippen LogP contribution in [0.5, 0.6) is 5.75 Å².